The number of rotatable bonds is 4. The van der Waals surface area contributed by atoms with Gasteiger partial charge in [0.05, 0.1) is 7.11 Å². The summed E-state index contributed by atoms with van der Waals surface area (Å²) in [5, 5.41) is 0. The van der Waals surface area contributed by atoms with Gasteiger partial charge in [0.1, 0.15) is 16.2 Å². The molecular weight excluding hydrogens is 268 g/mol. The fourth-order valence-corrected chi connectivity index (χ4v) is 2.45. The fraction of sp³-hybridized carbons (Fsp3) is 0.375. The van der Waals surface area contributed by atoms with Crippen molar-refractivity contribution < 1.29 is 4.74 Å². The van der Waals surface area contributed by atoms with Gasteiger partial charge in [-0.3, -0.25) is 0 Å². The van der Waals surface area contributed by atoms with Gasteiger partial charge in [0.2, 0.25) is 0 Å². The van der Waals surface area contributed by atoms with Crippen molar-refractivity contribution in [2.75, 3.05) is 7.11 Å². The zero-order valence-corrected chi connectivity index (χ0v) is 13.2. The van der Waals surface area contributed by atoms with E-state index >= 15 is 0 Å². The molecule has 0 unspecified atom stereocenters. The highest BCUT2D eigenvalue weighted by atomic mass is 32.1. The number of benzene rings is 1. The molecule has 4 heteroatoms. The van der Waals surface area contributed by atoms with E-state index in [0.717, 1.165) is 34.8 Å². The van der Waals surface area contributed by atoms with Crippen molar-refractivity contribution in [1.82, 2.24) is 9.97 Å². The first-order valence-electron chi connectivity index (χ1n) is 6.75. The van der Waals surface area contributed by atoms with Crippen LogP contribution in [0.5, 0.6) is 5.75 Å². The Morgan fingerprint density at radius 3 is 2.65 bits per heavy atom. The first-order valence-corrected chi connectivity index (χ1v) is 7.15. The maximum atomic E-state index is 5.28. The maximum absolute atomic E-state index is 5.28. The van der Waals surface area contributed by atoms with E-state index in [9.17, 15) is 0 Å². The first-order chi connectivity index (χ1) is 9.49. The summed E-state index contributed by atoms with van der Waals surface area (Å²) in [5.74, 6) is 2.28. The molecule has 0 bridgehead atoms. The van der Waals surface area contributed by atoms with Crippen molar-refractivity contribution in [3.8, 4) is 17.1 Å². The van der Waals surface area contributed by atoms with Crippen molar-refractivity contribution in [1.29, 1.82) is 0 Å². The lowest BCUT2D eigenvalue weighted by Gasteiger charge is -2.10. The maximum Gasteiger partial charge on any atom is 0.139 e. The molecule has 0 aliphatic rings. The zero-order valence-electron chi connectivity index (χ0n) is 12.4. The third kappa shape index (κ3) is 3.45. The summed E-state index contributed by atoms with van der Waals surface area (Å²) < 4.78 is 5.91. The van der Waals surface area contributed by atoms with Crippen LogP contribution in [0.2, 0.25) is 0 Å². The Morgan fingerprint density at radius 1 is 1.30 bits per heavy atom. The molecule has 0 saturated heterocycles. The zero-order chi connectivity index (χ0) is 14.7. The van der Waals surface area contributed by atoms with Gasteiger partial charge >= 0.3 is 0 Å². The average molecular weight is 288 g/mol. The van der Waals surface area contributed by atoms with Gasteiger partial charge < -0.3 is 9.72 Å². The lowest BCUT2D eigenvalue weighted by molar-refractivity contribution is 0.412. The SMILES string of the molecule is COc1ccc(-c2nc(=S)cc(CC(C)C)[nH]2)cc1C. The van der Waals surface area contributed by atoms with Crippen LogP contribution in [0.25, 0.3) is 11.4 Å². The van der Waals surface area contributed by atoms with Crippen LogP contribution in [0.15, 0.2) is 24.3 Å². The average Bonchev–Trinajstić information content (AvgIpc) is 2.37. The number of aromatic nitrogens is 2. The Hall–Kier alpha value is -1.68. The van der Waals surface area contributed by atoms with Crippen molar-refractivity contribution in [3.63, 3.8) is 0 Å². The van der Waals surface area contributed by atoms with Gasteiger partial charge in [-0.05, 0) is 49.1 Å². The monoisotopic (exact) mass is 288 g/mol. The molecule has 0 aliphatic heterocycles. The fourth-order valence-electron chi connectivity index (χ4n) is 2.22. The van der Waals surface area contributed by atoms with Crippen molar-refractivity contribution in [3.05, 3.63) is 40.2 Å². The van der Waals surface area contributed by atoms with Crippen molar-refractivity contribution >= 4 is 12.2 Å². The Bertz CT molecular complexity index is 662. The van der Waals surface area contributed by atoms with E-state index in [1.54, 1.807) is 7.11 Å². The number of ether oxygens (including phenoxy) is 1. The van der Waals surface area contributed by atoms with E-state index < -0.39 is 0 Å². The predicted molar refractivity (Wildman–Crippen MR) is 84.7 cm³/mol. The van der Waals surface area contributed by atoms with Gasteiger partial charge in [-0.25, -0.2) is 4.98 Å². The molecule has 0 radical (unpaired) electrons. The van der Waals surface area contributed by atoms with Gasteiger partial charge in [-0.15, -0.1) is 0 Å². The lowest BCUT2D eigenvalue weighted by atomic mass is 10.1. The molecular formula is C16H20N2OS. The second kappa shape index (κ2) is 6.18. The quantitative estimate of drug-likeness (QED) is 0.851. The topological polar surface area (TPSA) is 37.9 Å². The molecule has 0 spiro atoms. The third-order valence-electron chi connectivity index (χ3n) is 3.10. The number of aryl methyl sites for hydroxylation is 1. The summed E-state index contributed by atoms with van der Waals surface area (Å²) in [6.07, 6.45) is 0.967. The van der Waals surface area contributed by atoms with Gasteiger partial charge in [-0.1, -0.05) is 26.1 Å². The number of hydrogen-bond donors (Lipinski definition) is 1. The van der Waals surface area contributed by atoms with Crippen molar-refractivity contribution in [2.24, 2.45) is 5.92 Å². The number of methoxy groups -OCH3 is 1. The van der Waals surface area contributed by atoms with E-state index in [4.69, 9.17) is 17.0 Å². The molecule has 106 valence electrons. The largest absolute Gasteiger partial charge is 0.496 e. The number of H-pyrrole nitrogens is 1. The minimum absolute atomic E-state index is 0.577. The molecule has 1 aromatic heterocycles. The lowest BCUT2D eigenvalue weighted by Crippen LogP contribution is -2.01. The van der Waals surface area contributed by atoms with Crippen LogP contribution >= 0.6 is 12.2 Å². The second-order valence-corrected chi connectivity index (χ2v) is 5.79. The second-order valence-electron chi connectivity index (χ2n) is 5.38. The van der Waals surface area contributed by atoms with Gasteiger partial charge in [0.25, 0.3) is 0 Å². The minimum atomic E-state index is 0.577. The summed E-state index contributed by atoms with van der Waals surface area (Å²) in [6, 6.07) is 7.96. The standard InChI is InChI=1S/C16H20N2OS/c1-10(2)7-13-9-15(20)18-16(17-13)12-5-6-14(19-4)11(3)8-12/h5-6,8-10H,7H2,1-4H3,(H,17,18,20). The molecule has 2 aromatic rings. The number of aromatic amines is 1. The van der Waals surface area contributed by atoms with Crippen LogP contribution in [0, 0.1) is 17.5 Å². The number of nitrogens with zero attached hydrogens (tertiary/aromatic N) is 1. The van der Waals surface area contributed by atoms with Crippen LogP contribution in [0.4, 0.5) is 0 Å². The summed E-state index contributed by atoms with van der Waals surface area (Å²) in [6.45, 7) is 6.40. The highest BCUT2D eigenvalue weighted by Gasteiger charge is 2.06. The van der Waals surface area contributed by atoms with E-state index in [2.05, 4.69) is 29.9 Å². The molecule has 0 atom stereocenters. The van der Waals surface area contributed by atoms with Crippen LogP contribution in [0.1, 0.15) is 25.1 Å². The normalized spacial score (nSPS) is 10.8. The molecule has 20 heavy (non-hydrogen) atoms. The summed E-state index contributed by atoms with van der Waals surface area (Å²) >= 11 is 5.27. The van der Waals surface area contributed by atoms with E-state index in [1.807, 2.05) is 25.1 Å². The Labute approximate surface area is 125 Å². The van der Waals surface area contributed by atoms with Crippen LogP contribution in [-0.4, -0.2) is 17.1 Å². The van der Waals surface area contributed by atoms with E-state index in [1.165, 1.54) is 0 Å². The Kier molecular flexibility index (Phi) is 4.55. The Morgan fingerprint density at radius 2 is 2.05 bits per heavy atom. The van der Waals surface area contributed by atoms with E-state index in [0.29, 0.717) is 10.6 Å². The summed E-state index contributed by atoms with van der Waals surface area (Å²) in [5.41, 5.74) is 3.24. The third-order valence-corrected chi connectivity index (χ3v) is 3.30. The molecule has 0 fully saturated rings. The number of nitrogens with one attached hydrogen (secondary N) is 1. The molecule has 0 amide bonds. The molecule has 0 saturated carbocycles. The molecule has 1 aromatic carbocycles. The predicted octanol–water partition coefficient (Wildman–Crippen LogP) is 4.32. The highest BCUT2D eigenvalue weighted by molar-refractivity contribution is 7.71. The summed E-state index contributed by atoms with van der Waals surface area (Å²) in [4.78, 5) is 7.81. The molecule has 0 aliphatic carbocycles. The number of hydrogen-bond acceptors (Lipinski definition) is 3. The van der Waals surface area contributed by atoms with E-state index in [-0.39, 0.29) is 0 Å². The van der Waals surface area contributed by atoms with Crippen LogP contribution in [-0.2, 0) is 6.42 Å². The first kappa shape index (κ1) is 14.7. The summed E-state index contributed by atoms with van der Waals surface area (Å²) in [7, 11) is 1.68. The van der Waals surface area contributed by atoms with Gasteiger partial charge in [0, 0.05) is 11.3 Å². The molecule has 3 nitrogen and oxygen atoms in total. The van der Waals surface area contributed by atoms with Gasteiger partial charge in [-0.2, -0.15) is 0 Å². The molecule has 1 heterocycles. The molecule has 2 rings (SSSR count). The van der Waals surface area contributed by atoms with Crippen LogP contribution < -0.4 is 4.74 Å². The highest BCUT2D eigenvalue weighted by Crippen LogP contribution is 2.24. The minimum Gasteiger partial charge on any atom is -0.496 e. The van der Waals surface area contributed by atoms with Crippen LogP contribution in [0.3, 0.4) is 0 Å². The Balaban J connectivity index is 2.44. The van der Waals surface area contributed by atoms with Crippen molar-refractivity contribution in [2.45, 2.75) is 27.2 Å². The molecule has 1 N–H and O–H groups in total. The smallest absolute Gasteiger partial charge is 0.139 e. The van der Waals surface area contributed by atoms with Gasteiger partial charge in [0.15, 0.2) is 0 Å².